The minimum atomic E-state index is -0.233. The molecule has 7 nitrogen and oxygen atoms in total. The van der Waals surface area contributed by atoms with Crippen LogP contribution in [0.1, 0.15) is 35.4 Å². The first kappa shape index (κ1) is 16.4. The highest BCUT2D eigenvalue weighted by atomic mass is 16.5. The fourth-order valence-electron chi connectivity index (χ4n) is 2.96. The average molecular weight is 331 g/mol. The first-order valence-electron chi connectivity index (χ1n) is 8.04. The van der Waals surface area contributed by atoms with Crippen LogP contribution in [0, 0.1) is 13.8 Å². The van der Waals surface area contributed by atoms with Crippen LogP contribution < -0.4 is 5.56 Å². The van der Waals surface area contributed by atoms with Gasteiger partial charge in [-0.15, -0.1) is 0 Å². The Balaban J connectivity index is 1.62. The second kappa shape index (κ2) is 7.00. The van der Waals surface area contributed by atoms with E-state index in [4.69, 9.17) is 9.15 Å². The minimum Gasteiger partial charge on any atom is -0.467 e. The van der Waals surface area contributed by atoms with Gasteiger partial charge in [0.1, 0.15) is 17.7 Å². The van der Waals surface area contributed by atoms with E-state index in [0.29, 0.717) is 43.2 Å². The molecule has 0 aromatic carbocycles. The van der Waals surface area contributed by atoms with E-state index in [1.165, 1.54) is 0 Å². The van der Waals surface area contributed by atoms with Gasteiger partial charge in [0, 0.05) is 24.2 Å². The molecule has 3 rings (SSSR count). The summed E-state index contributed by atoms with van der Waals surface area (Å²) in [6.07, 6.45) is 2.03. The van der Waals surface area contributed by atoms with Crippen LogP contribution in [0.4, 0.5) is 0 Å². The summed E-state index contributed by atoms with van der Waals surface area (Å²) >= 11 is 0. The zero-order valence-corrected chi connectivity index (χ0v) is 13.9. The summed E-state index contributed by atoms with van der Waals surface area (Å²) in [6.45, 7) is 5.03. The SMILES string of the molecule is Cc1nc(C)c(CCC(=O)N2CCOC(c3ccco3)C2)c(=O)[nH]1. The van der Waals surface area contributed by atoms with Gasteiger partial charge in [0.2, 0.25) is 5.91 Å². The summed E-state index contributed by atoms with van der Waals surface area (Å²) in [5, 5.41) is 0. The van der Waals surface area contributed by atoms with E-state index in [1.807, 2.05) is 6.07 Å². The molecule has 1 saturated heterocycles. The van der Waals surface area contributed by atoms with E-state index < -0.39 is 0 Å². The number of hydrogen-bond donors (Lipinski definition) is 1. The molecular formula is C17H21N3O4. The van der Waals surface area contributed by atoms with Crippen LogP contribution in [0.3, 0.4) is 0 Å². The molecule has 2 aromatic rings. The smallest absolute Gasteiger partial charge is 0.254 e. The normalized spacial score (nSPS) is 17.9. The molecule has 0 radical (unpaired) electrons. The molecule has 1 atom stereocenters. The van der Waals surface area contributed by atoms with Crippen molar-refractivity contribution in [1.82, 2.24) is 14.9 Å². The summed E-state index contributed by atoms with van der Waals surface area (Å²) in [7, 11) is 0. The summed E-state index contributed by atoms with van der Waals surface area (Å²) in [5.41, 5.74) is 1.09. The third-order valence-electron chi connectivity index (χ3n) is 4.21. The Morgan fingerprint density at radius 2 is 2.29 bits per heavy atom. The lowest BCUT2D eigenvalue weighted by Crippen LogP contribution is -2.42. The second-order valence-electron chi connectivity index (χ2n) is 5.93. The predicted molar refractivity (Wildman–Crippen MR) is 86.6 cm³/mol. The van der Waals surface area contributed by atoms with Gasteiger partial charge in [-0.1, -0.05) is 0 Å². The number of ether oxygens (including phenoxy) is 1. The van der Waals surface area contributed by atoms with E-state index in [0.717, 1.165) is 5.76 Å². The molecular weight excluding hydrogens is 310 g/mol. The highest BCUT2D eigenvalue weighted by molar-refractivity contribution is 5.76. The summed E-state index contributed by atoms with van der Waals surface area (Å²) in [5.74, 6) is 1.32. The van der Waals surface area contributed by atoms with Crippen molar-refractivity contribution in [2.75, 3.05) is 19.7 Å². The number of morpholine rings is 1. The number of carbonyl (C=O) groups is 1. The molecule has 1 aliphatic heterocycles. The van der Waals surface area contributed by atoms with Crippen molar-refractivity contribution in [2.45, 2.75) is 32.8 Å². The van der Waals surface area contributed by atoms with Gasteiger partial charge in [-0.2, -0.15) is 0 Å². The quantitative estimate of drug-likeness (QED) is 0.917. The third-order valence-corrected chi connectivity index (χ3v) is 4.21. The molecule has 0 saturated carbocycles. The number of amides is 1. The Kier molecular flexibility index (Phi) is 4.80. The number of H-pyrrole nitrogens is 1. The van der Waals surface area contributed by atoms with Crippen molar-refractivity contribution >= 4 is 5.91 Å². The molecule has 1 fully saturated rings. The average Bonchev–Trinajstić information content (AvgIpc) is 3.08. The molecule has 0 spiro atoms. The third kappa shape index (κ3) is 3.56. The molecule has 7 heteroatoms. The zero-order valence-electron chi connectivity index (χ0n) is 13.9. The topological polar surface area (TPSA) is 88.4 Å². The predicted octanol–water partition coefficient (Wildman–Crippen LogP) is 1.51. The van der Waals surface area contributed by atoms with E-state index >= 15 is 0 Å². The molecule has 0 aliphatic carbocycles. The number of aromatic nitrogens is 2. The standard InChI is InChI=1S/C17H21N3O4/c1-11-13(17(22)19-12(2)18-11)5-6-16(21)20-7-9-24-15(10-20)14-4-3-8-23-14/h3-4,8,15H,5-7,9-10H2,1-2H3,(H,18,19,22). The van der Waals surface area contributed by atoms with Gasteiger partial charge in [-0.3, -0.25) is 9.59 Å². The largest absolute Gasteiger partial charge is 0.467 e. The number of aromatic amines is 1. The Hall–Kier alpha value is -2.41. The van der Waals surface area contributed by atoms with Gasteiger partial charge < -0.3 is 19.0 Å². The molecule has 2 aromatic heterocycles. The molecule has 1 unspecified atom stereocenters. The van der Waals surface area contributed by atoms with Gasteiger partial charge in [-0.05, 0) is 32.4 Å². The molecule has 1 aliphatic rings. The number of aryl methyl sites for hydroxylation is 2. The van der Waals surface area contributed by atoms with E-state index in [2.05, 4.69) is 9.97 Å². The van der Waals surface area contributed by atoms with Crippen LogP contribution in [-0.4, -0.2) is 40.5 Å². The molecule has 128 valence electrons. The van der Waals surface area contributed by atoms with Crippen molar-refractivity contribution in [3.05, 3.63) is 51.6 Å². The lowest BCUT2D eigenvalue weighted by atomic mass is 10.1. The number of furan rings is 1. The number of nitrogens with one attached hydrogen (secondary N) is 1. The Bertz CT molecular complexity index is 767. The van der Waals surface area contributed by atoms with Gasteiger partial charge in [0.15, 0.2) is 0 Å². The zero-order chi connectivity index (χ0) is 17.1. The Morgan fingerprint density at radius 3 is 3.00 bits per heavy atom. The van der Waals surface area contributed by atoms with Crippen molar-refractivity contribution in [3.63, 3.8) is 0 Å². The van der Waals surface area contributed by atoms with Crippen LogP contribution in [0.25, 0.3) is 0 Å². The second-order valence-corrected chi connectivity index (χ2v) is 5.93. The van der Waals surface area contributed by atoms with Crippen LogP contribution in [0.5, 0.6) is 0 Å². The van der Waals surface area contributed by atoms with Crippen LogP contribution in [0.2, 0.25) is 0 Å². The summed E-state index contributed by atoms with van der Waals surface area (Å²) in [6, 6.07) is 3.65. The molecule has 3 heterocycles. The maximum atomic E-state index is 12.5. The van der Waals surface area contributed by atoms with E-state index in [-0.39, 0.29) is 24.0 Å². The van der Waals surface area contributed by atoms with E-state index in [9.17, 15) is 9.59 Å². The highest BCUT2D eigenvalue weighted by Gasteiger charge is 2.27. The maximum Gasteiger partial charge on any atom is 0.254 e. The van der Waals surface area contributed by atoms with Gasteiger partial charge in [-0.25, -0.2) is 4.98 Å². The van der Waals surface area contributed by atoms with Crippen LogP contribution >= 0.6 is 0 Å². The lowest BCUT2D eigenvalue weighted by Gasteiger charge is -2.32. The van der Waals surface area contributed by atoms with Crippen molar-refractivity contribution in [1.29, 1.82) is 0 Å². The monoisotopic (exact) mass is 331 g/mol. The van der Waals surface area contributed by atoms with E-state index in [1.54, 1.807) is 31.1 Å². The number of carbonyl (C=O) groups excluding carboxylic acids is 1. The first-order chi connectivity index (χ1) is 11.5. The molecule has 0 bridgehead atoms. The van der Waals surface area contributed by atoms with Crippen LogP contribution in [-0.2, 0) is 16.0 Å². The molecule has 1 N–H and O–H groups in total. The van der Waals surface area contributed by atoms with Crippen molar-refractivity contribution in [3.8, 4) is 0 Å². The lowest BCUT2D eigenvalue weighted by molar-refractivity contribution is -0.139. The minimum absolute atomic E-state index is 0.00855. The summed E-state index contributed by atoms with van der Waals surface area (Å²) < 4.78 is 11.0. The number of hydrogen-bond acceptors (Lipinski definition) is 5. The molecule has 24 heavy (non-hydrogen) atoms. The molecule has 1 amide bonds. The maximum absolute atomic E-state index is 12.5. The Labute approximate surface area is 139 Å². The van der Waals surface area contributed by atoms with Crippen molar-refractivity contribution < 1.29 is 13.9 Å². The Morgan fingerprint density at radius 1 is 1.46 bits per heavy atom. The van der Waals surface area contributed by atoms with Gasteiger partial charge >= 0.3 is 0 Å². The fraction of sp³-hybridized carbons (Fsp3) is 0.471. The van der Waals surface area contributed by atoms with Crippen molar-refractivity contribution in [2.24, 2.45) is 0 Å². The number of nitrogens with zero attached hydrogens (tertiary/aromatic N) is 2. The van der Waals surface area contributed by atoms with Crippen LogP contribution in [0.15, 0.2) is 27.6 Å². The first-order valence-corrected chi connectivity index (χ1v) is 8.04. The van der Waals surface area contributed by atoms with Gasteiger partial charge in [0.05, 0.1) is 19.4 Å². The van der Waals surface area contributed by atoms with Gasteiger partial charge in [0.25, 0.3) is 5.56 Å². The number of rotatable bonds is 4. The summed E-state index contributed by atoms with van der Waals surface area (Å²) in [4.78, 5) is 33.2. The fourth-order valence-corrected chi connectivity index (χ4v) is 2.96. The highest BCUT2D eigenvalue weighted by Crippen LogP contribution is 2.23.